The highest BCUT2D eigenvalue weighted by molar-refractivity contribution is 7.48. The van der Waals surface area contributed by atoms with Gasteiger partial charge < -0.3 is 4.52 Å². The Balaban J connectivity index is 2.92. The van der Waals surface area contributed by atoms with Gasteiger partial charge in [0.15, 0.2) is 0 Å². The Labute approximate surface area is 89.1 Å². The lowest BCUT2D eigenvalue weighted by atomic mass is 10.3. The maximum atomic E-state index is 10.8. The fraction of sp³-hybridized carbons (Fsp3) is 0. The van der Waals surface area contributed by atoms with Crippen molar-refractivity contribution in [1.82, 2.24) is 0 Å². The van der Waals surface area contributed by atoms with Crippen molar-refractivity contribution in [2.75, 3.05) is 0 Å². The molecule has 0 aliphatic heterocycles. The summed E-state index contributed by atoms with van der Waals surface area (Å²) < 4.78 is 18.9. The third kappa shape index (κ3) is 3.49. The molecule has 0 aromatic heterocycles. The molecule has 0 heterocycles. The highest BCUT2D eigenvalue weighted by Gasteiger charge is 2.23. The van der Waals surface area contributed by atoms with Gasteiger partial charge in [0.1, 0.15) is 5.75 Å². The van der Waals surface area contributed by atoms with E-state index < -0.39 is 12.7 Å². The van der Waals surface area contributed by atoms with E-state index in [9.17, 15) is 14.7 Å². The van der Waals surface area contributed by atoms with Gasteiger partial charge in [-0.25, -0.2) is 4.57 Å². The highest BCUT2D eigenvalue weighted by atomic mass is 35.5. The molecule has 0 saturated carbocycles. The smallest absolute Gasteiger partial charge is 0.403 e. The zero-order valence-electron chi connectivity index (χ0n) is 7.07. The van der Waals surface area contributed by atoms with Crippen molar-refractivity contribution < 1.29 is 23.0 Å². The topological polar surface area (TPSA) is 98.9 Å². The van der Waals surface area contributed by atoms with Crippen molar-refractivity contribution in [3.63, 3.8) is 0 Å². The zero-order valence-corrected chi connectivity index (χ0v) is 8.72. The van der Waals surface area contributed by atoms with Crippen LogP contribution in [0.2, 0.25) is 0 Å². The third-order valence-electron chi connectivity index (χ3n) is 1.34. The molecule has 1 N–H and O–H groups in total. The molecule has 15 heavy (non-hydrogen) atoms. The summed E-state index contributed by atoms with van der Waals surface area (Å²) in [4.78, 5) is 18.5. The second-order valence-electron chi connectivity index (χ2n) is 2.38. The number of rotatable bonds is 4. The van der Waals surface area contributed by atoms with Crippen LogP contribution in [0.15, 0.2) is 24.3 Å². The van der Waals surface area contributed by atoms with Crippen LogP contribution in [0.3, 0.4) is 0 Å². The van der Waals surface area contributed by atoms with E-state index in [0.717, 1.165) is 6.07 Å². The number of hydrogen-bond acceptors (Lipinski definition) is 5. The number of non-ortho nitro benzene ring substituents is 1. The Bertz CT molecular complexity index is 424. The Morgan fingerprint density at radius 2 is 2.20 bits per heavy atom. The molecular weight excluding hydrogens is 248 g/mol. The molecule has 0 saturated heterocycles. The molecule has 1 unspecified atom stereocenters. The van der Waals surface area contributed by atoms with Gasteiger partial charge in [0, 0.05) is 6.07 Å². The van der Waals surface area contributed by atoms with Crippen LogP contribution in [-0.4, -0.2) is 9.82 Å². The minimum absolute atomic E-state index is 0.185. The molecule has 1 atom stereocenters. The molecule has 1 rings (SSSR count). The highest BCUT2D eigenvalue weighted by Crippen LogP contribution is 2.45. The zero-order chi connectivity index (χ0) is 11.5. The summed E-state index contributed by atoms with van der Waals surface area (Å²) in [5, 5.41) is 10.3. The quantitative estimate of drug-likeness (QED) is 0.502. The molecular formula is C6H5ClNO6P. The van der Waals surface area contributed by atoms with Crippen molar-refractivity contribution in [2.45, 2.75) is 0 Å². The Morgan fingerprint density at radius 1 is 1.53 bits per heavy atom. The van der Waals surface area contributed by atoms with Crippen LogP contribution in [-0.2, 0) is 8.64 Å². The van der Waals surface area contributed by atoms with Gasteiger partial charge in [-0.1, -0.05) is 6.07 Å². The standard InChI is InChI=1S/C6H5ClNO6P/c7-14-15(11,12)13-6-3-1-2-5(4-6)8(9)10/h1-4H,(H,11,12). The lowest BCUT2D eigenvalue weighted by molar-refractivity contribution is -0.384. The number of phosphoric acid groups is 1. The van der Waals surface area contributed by atoms with E-state index >= 15 is 0 Å². The number of phosphoric ester groups is 1. The minimum atomic E-state index is -4.40. The third-order valence-corrected chi connectivity index (χ3v) is 2.48. The average molecular weight is 254 g/mol. The van der Waals surface area contributed by atoms with E-state index in [-0.39, 0.29) is 11.4 Å². The van der Waals surface area contributed by atoms with Gasteiger partial charge in [0.05, 0.1) is 22.9 Å². The van der Waals surface area contributed by atoms with E-state index in [2.05, 4.69) is 20.5 Å². The lowest BCUT2D eigenvalue weighted by Crippen LogP contribution is -1.93. The van der Waals surface area contributed by atoms with Gasteiger partial charge in [0.25, 0.3) is 5.69 Å². The molecule has 1 aromatic carbocycles. The molecule has 1 aromatic rings. The van der Waals surface area contributed by atoms with Crippen LogP contribution in [0.1, 0.15) is 0 Å². The Hall–Kier alpha value is -1.14. The maximum Gasteiger partial charge on any atom is 0.544 e. The summed E-state index contributed by atoms with van der Waals surface area (Å²) in [6.07, 6.45) is 0. The average Bonchev–Trinajstić information content (AvgIpc) is 2.17. The number of nitro groups is 1. The first-order chi connectivity index (χ1) is 6.94. The normalized spacial score (nSPS) is 14.3. The van der Waals surface area contributed by atoms with Crippen molar-refractivity contribution in [3.05, 3.63) is 34.4 Å². The van der Waals surface area contributed by atoms with E-state index in [1.54, 1.807) is 0 Å². The molecule has 0 spiro atoms. The predicted molar refractivity (Wildman–Crippen MR) is 50.5 cm³/mol. The molecule has 0 aliphatic carbocycles. The van der Waals surface area contributed by atoms with Gasteiger partial charge in [-0.3, -0.25) is 15.0 Å². The first-order valence-electron chi connectivity index (χ1n) is 3.52. The number of benzene rings is 1. The first kappa shape index (κ1) is 11.9. The van der Waals surface area contributed by atoms with E-state index in [1.807, 2.05) is 0 Å². The number of nitro benzene ring substituents is 1. The molecule has 0 radical (unpaired) electrons. The second kappa shape index (κ2) is 4.59. The molecule has 0 bridgehead atoms. The van der Waals surface area contributed by atoms with Gasteiger partial charge in [0.2, 0.25) is 0 Å². The fourth-order valence-corrected chi connectivity index (χ4v) is 1.29. The Kier molecular flexibility index (Phi) is 3.65. The van der Waals surface area contributed by atoms with Crippen molar-refractivity contribution in [2.24, 2.45) is 0 Å². The van der Waals surface area contributed by atoms with E-state index in [0.29, 0.717) is 0 Å². The summed E-state index contributed by atoms with van der Waals surface area (Å²) >= 11 is 4.67. The van der Waals surface area contributed by atoms with Crippen LogP contribution in [0.4, 0.5) is 5.69 Å². The van der Waals surface area contributed by atoms with Gasteiger partial charge in [-0.15, -0.1) is 0 Å². The van der Waals surface area contributed by atoms with E-state index in [4.69, 9.17) is 4.89 Å². The summed E-state index contributed by atoms with van der Waals surface area (Å²) in [7, 11) is -4.40. The minimum Gasteiger partial charge on any atom is -0.403 e. The van der Waals surface area contributed by atoms with Crippen LogP contribution in [0.25, 0.3) is 0 Å². The summed E-state index contributed by atoms with van der Waals surface area (Å²) in [5.41, 5.74) is -0.276. The van der Waals surface area contributed by atoms with Gasteiger partial charge in [-0.05, 0) is 6.07 Å². The molecule has 0 fully saturated rings. The fourth-order valence-electron chi connectivity index (χ4n) is 0.801. The molecule has 0 aliphatic rings. The molecule has 82 valence electrons. The van der Waals surface area contributed by atoms with Crippen LogP contribution >= 0.6 is 19.7 Å². The van der Waals surface area contributed by atoms with Crippen LogP contribution in [0, 0.1) is 10.1 Å². The lowest BCUT2D eigenvalue weighted by Gasteiger charge is -2.07. The van der Waals surface area contributed by atoms with Gasteiger partial charge >= 0.3 is 7.82 Å². The van der Waals surface area contributed by atoms with Gasteiger partial charge in [-0.2, -0.15) is 4.08 Å². The Morgan fingerprint density at radius 3 is 2.73 bits per heavy atom. The summed E-state index contributed by atoms with van der Waals surface area (Å²) in [6, 6.07) is 4.73. The second-order valence-corrected chi connectivity index (χ2v) is 4.06. The SMILES string of the molecule is O=[N+]([O-])c1cccc(OP(=O)(O)OCl)c1. The van der Waals surface area contributed by atoms with Crippen molar-refractivity contribution in [1.29, 1.82) is 0 Å². The number of halogens is 1. The maximum absolute atomic E-state index is 10.8. The summed E-state index contributed by atoms with van der Waals surface area (Å²) in [6.45, 7) is 0. The predicted octanol–water partition coefficient (Wildman–Crippen LogP) is 2.24. The molecule has 0 amide bonds. The number of nitrogens with zero attached hydrogens (tertiary/aromatic N) is 1. The largest absolute Gasteiger partial charge is 0.544 e. The first-order valence-corrected chi connectivity index (χ1v) is 5.32. The molecule has 7 nitrogen and oxygen atoms in total. The number of hydrogen-bond donors (Lipinski definition) is 1. The van der Waals surface area contributed by atoms with Crippen molar-refractivity contribution >= 4 is 25.4 Å². The van der Waals surface area contributed by atoms with Crippen molar-refractivity contribution in [3.8, 4) is 5.75 Å². The summed E-state index contributed by atoms with van der Waals surface area (Å²) in [5.74, 6) is -0.185. The molecule has 9 heteroatoms. The van der Waals surface area contributed by atoms with Crippen LogP contribution < -0.4 is 4.52 Å². The monoisotopic (exact) mass is 253 g/mol. The van der Waals surface area contributed by atoms with E-state index in [1.165, 1.54) is 18.2 Å². The van der Waals surface area contributed by atoms with Crippen LogP contribution in [0.5, 0.6) is 5.75 Å².